The molecule has 0 bridgehead atoms. The van der Waals surface area contributed by atoms with Crippen LogP contribution >= 0.6 is 11.6 Å². The van der Waals surface area contributed by atoms with E-state index in [0.29, 0.717) is 23.2 Å². The highest BCUT2D eigenvalue weighted by molar-refractivity contribution is 6.33. The van der Waals surface area contributed by atoms with Crippen molar-refractivity contribution in [1.29, 1.82) is 0 Å². The second kappa shape index (κ2) is 6.13. The highest BCUT2D eigenvalue weighted by Gasteiger charge is 2.28. The van der Waals surface area contributed by atoms with Gasteiger partial charge in [-0.15, -0.1) is 0 Å². The van der Waals surface area contributed by atoms with Gasteiger partial charge in [0.2, 0.25) is 0 Å². The Bertz CT molecular complexity index is 529. The van der Waals surface area contributed by atoms with Gasteiger partial charge in [-0.25, -0.2) is 4.79 Å². The summed E-state index contributed by atoms with van der Waals surface area (Å²) < 4.78 is 0. The molecule has 2 rings (SSSR count). The fourth-order valence-corrected chi connectivity index (χ4v) is 2.19. The number of urea groups is 1. The number of carboxylic acid groups (broad SMARTS) is 1. The highest BCUT2D eigenvalue weighted by atomic mass is 35.5. The quantitative estimate of drug-likeness (QED) is 0.877. The molecule has 0 aromatic heterocycles. The summed E-state index contributed by atoms with van der Waals surface area (Å²) in [4.78, 5) is 24.3. The molecule has 0 saturated heterocycles. The van der Waals surface area contributed by atoms with Gasteiger partial charge in [0.15, 0.2) is 0 Å². The third-order valence-corrected chi connectivity index (χ3v) is 3.47. The van der Waals surface area contributed by atoms with Gasteiger partial charge >= 0.3 is 12.0 Å². The predicted molar refractivity (Wildman–Crippen MR) is 77.1 cm³/mol. The van der Waals surface area contributed by atoms with Gasteiger partial charge in [-0.05, 0) is 43.4 Å². The molecule has 0 aliphatic heterocycles. The Hall–Kier alpha value is -1.75. The van der Waals surface area contributed by atoms with E-state index < -0.39 is 12.0 Å². The number of carboxylic acids is 1. The van der Waals surface area contributed by atoms with Gasteiger partial charge in [-0.2, -0.15) is 0 Å². The van der Waals surface area contributed by atoms with Crippen molar-refractivity contribution in [2.75, 3.05) is 18.4 Å². The number of anilines is 1. The predicted octanol–water partition coefficient (Wildman–Crippen LogP) is 2.98. The van der Waals surface area contributed by atoms with Crippen LogP contribution in [-0.4, -0.2) is 35.1 Å². The van der Waals surface area contributed by atoms with E-state index in [9.17, 15) is 9.59 Å². The zero-order chi connectivity index (χ0) is 14.7. The zero-order valence-corrected chi connectivity index (χ0v) is 12.0. The van der Waals surface area contributed by atoms with Gasteiger partial charge in [-0.1, -0.05) is 17.7 Å². The molecule has 0 atom stereocenters. The number of halogens is 1. The Kier molecular flexibility index (Phi) is 4.49. The maximum atomic E-state index is 12.1. The van der Waals surface area contributed by atoms with Crippen molar-refractivity contribution in [2.24, 2.45) is 5.92 Å². The Morgan fingerprint density at radius 3 is 2.70 bits per heavy atom. The minimum atomic E-state index is -1.02. The maximum Gasteiger partial charge on any atom is 0.323 e. The van der Waals surface area contributed by atoms with Gasteiger partial charge in [0.05, 0.1) is 10.7 Å². The molecule has 1 aromatic carbocycles. The highest BCUT2D eigenvalue weighted by Crippen LogP contribution is 2.30. The monoisotopic (exact) mass is 296 g/mol. The summed E-state index contributed by atoms with van der Waals surface area (Å²) in [5.74, 6) is -0.593. The minimum Gasteiger partial charge on any atom is -0.480 e. The van der Waals surface area contributed by atoms with E-state index in [1.807, 2.05) is 13.0 Å². The van der Waals surface area contributed by atoms with Crippen LogP contribution in [0.15, 0.2) is 18.2 Å². The summed E-state index contributed by atoms with van der Waals surface area (Å²) in [7, 11) is 0. The first-order chi connectivity index (χ1) is 9.45. The largest absolute Gasteiger partial charge is 0.480 e. The second-order valence-corrected chi connectivity index (χ2v) is 5.54. The molecule has 5 nitrogen and oxygen atoms in total. The molecule has 0 heterocycles. The molecule has 2 N–H and O–H groups in total. The van der Waals surface area contributed by atoms with Crippen molar-refractivity contribution in [3.8, 4) is 0 Å². The summed E-state index contributed by atoms with van der Waals surface area (Å²) in [6.07, 6.45) is 2.10. The lowest BCUT2D eigenvalue weighted by Crippen LogP contribution is -2.40. The SMILES string of the molecule is Cc1ccc(NC(=O)N(CC(=O)O)CC2CC2)c(Cl)c1. The van der Waals surface area contributed by atoms with Crippen molar-refractivity contribution in [3.63, 3.8) is 0 Å². The molecular weight excluding hydrogens is 280 g/mol. The molecule has 0 spiro atoms. The van der Waals surface area contributed by atoms with Crippen molar-refractivity contribution < 1.29 is 14.7 Å². The van der Waals surface area contributed by atoms with Crippen molar-refractivity contribution in [2.45, 2.75) is 19.8 Å². The average molecular weight is 297 g/mol. The average Bonchev–Trinajstić information content (AvgIpc) is 3.15. The summed E-state index contributed by atoms with van der Waals surface area (Å²) in [6.45, 7) is 2.08. The van der Waals surface area contributed by atoms with Gasteiger partial charge in [-0.3, -0.25) is 4.79 Å². The number of benzene rings is 1. The molecule has 108 valence electrons. The standard InChI is InChI=1S/C14H17ClN2O3/c1-9-2-5-12(11(15)6-9)16-14(20)17(8-13(18)19)7-10-3-4-10/h2,5-6,10H,3-4,7-8H2,1H3,(H,16,20)(H,18,19). The zero-order valence-electron chi connectivity index (χ0n) is 11.2. The Morgan fingerprint density at radius 1 is 1.45 bits per heavy atom. The van der Waals surface area contributed by atoms with Crippen LogP contribution in [-0.2, 0) is 4.79 Å². The van der Waals surface area contributed by atoms with Crippen LogP contribution in [0, 0.1) is 12.8 Å². The van der Waals surface area contributed by atoms with E-state index in [-0.39, 0.29) is 6.54 Å². The van der Waals surface area contributed by atoms with Crippen LogP contribution in [0.3, 0.4) is 0 Å². The Labute approximate surface area is 122 Å². The number of rotatable bonds is 5. The minimum absolute atomic E-state index is 0.300. The molecule has 1 saturated carbocycles. The fourth-order valence-electron chi connectivity index (χ4n) is 1.91. The molecule has 1 aromatic rings. The van der Waals surface area contributed by atoms with E-state index in [2.05, 4.69) is 5.32 Å². The summed E-state index contributed by atoms with van der Waals surface area (Å²) in [5, 5.41) is 12.0. The van der Waals surface area contributed by atoms with Crippen LogP contribution in [0.25, 0.3) is 0 Å². The first-order valence-electron chi connectivity index (χ1n) is 6.49. The Morgan fingerprint density at radius 2 is 2.15 bits per heavy atom. The first-order valence-corrected chi connectivity index (χ1v) is 6.87. The summed E-state index contributed by atoms with van der Waals surface area (Å²) >= 11 is 6.05. The molecule has 0 radical (unpaired) electrons. The molecule has 1 fully saturated rings. The van der Waals surface area contributed by atoms with Crippen molar-refractivity contribution in [3.05, 3.63) is 28.8 Å². The normalized spacial score (nSPS) is 13.9. The molecular formula is C14H17ClN2O3. The smallest absolute Gasteiger partial charge is 0.323 e. The van der Waals surface area contributed by atoms with Crippen LogP contribution < -0.4 is 5.32 Å². The lowest BCUT2D eigenvalue weighted by molar-refractivity contribution is -0.137. The van der Waals surface area contributed by atoms with Gasteiger partial charge in [0, 0.05) is 6.54 Å². The Balaban J connectivity index is 2.04. The molecule has 1 aliphatic rings. The topological polar surface area (TPSA) is 69.6 Å². The van der Waals surface area contributed by atoms with E-state index >= 15 is 0 Å². The number of aliphatic carboxylic acids is 1. The van der Waals surface area contributed by atoms with Gasteiger partial charge in [0.1, 0.15) is 6.54 Å². The number of carbonyl (C=O) groups is 2. The molecule has 2 amide bonds. The van der Waals surface area contributed by atoms with Crippen LogP contribution in [0.2, 0.25) is 5.02 Å². The van der Waals surface area contributed by atoms with Gasteiger partial charge in [0.25, 0.3) is 0 Å². The van der Waals surface area contributed by atoms with Crippen LogP contribution in [0.1, 0.15) is 18.4 Å². The van der Waals surface area contributed by atoms with E-state index in [1.54, 1.807) is 12.1 Å². The maximum absolute atomic E-state index is 12.1. The summed E-state index contributed by atoms with van der Waals surface area (Å²) in [6, 6.07) is 4.87. The second-order valence-electron chi connectivity index (χ2n) is 5.13. The number of carbonyl (C=O) groups excluding carboxylic acids is 1. The third kappa shape index (κ3) is 4.13. The van der Waals surface area contributed by atoms with E-state index in [4.69, 9.17) is 16.7 Å². The molecule has 0 unspecified atom stereocenters. The molecule has 6 heteroatoms. The number of aryl methyl sites for hydroxylation is 1. The van der Waals surface area contributed by atoms with Gasteiger partial charge < -0.3 is 15.3 Å². The number of hydrogen-bond donors (Lipinski definition) is 2. The lowest BCUT2D eigenvalue weighted by Gasteiger charge is -2.21. The number of nitrogens with one attached hydrogen (secondary N) is 1. The lowest BCUT2D eigenvalue weighted by atomic mass is 10.2. The molecule has 20 heavy (non-hydrogen) atoms. The summed E-state index contributed by atoms with van der Waals surface area (Å²) in [5.41, 5.74) is 1.49. The van der Waals surface area contributed by atoms with E-state index in [1.165, 1.54) is 4.90 Å². The number of nitrogens with zero attached hydrogens (tertiary/aromatic N) is 1. The fraction of sp³-hybridized carbons (Fsp3) is 0.429. The van der Waals surface area contributed by atoms with Crippen molar-refractivity contribution in [1.82, 2.24) is 4.90 Å². The third-order valence-electron chi connectivity index (χ3n) is 3.16. The van der Waals surface area contributed by atoms with E-state index in [0.717, 1.165) is 18.4 Å². The van der Waals surface area contributed by atoms with Crippen LogP contribution in [0.5, 0.6) is 0 Å². The first kappa shape index (κ1) is 14.7. The van der Waals surface area contributed by atoms with Crippen LogP contribution in [0.4, 0.5) is 10.5 Å². The van der Waals surface area contributed by atoms with Crippen molar-refractivity contribution >= 4 is 29.3 Å². The number of hydrogen-bond acceptors (Lipinski definition) is 2. The molecule has 1 aliphatic carbocycles. The number of amides is 2.